The molecule has 0 aliphatic carbocycles. The van der Waals surface area contributed by atoms with Crippen molar-refractivity contribution in [3.63, 3.8) is 0 Å². The summed E-state index contributed by atoms with van der Waals surface area (Å²) in [7, 11) is 3.57. The van der Waals surface area contributed by atoms with Gasteiger partial charge < -0.3 is 5.32 Å². The van der Waals surface area contributed by atoms with Crippen molar-refractivity contribution >= 4 is 17.8 Å². The van der Waals surface area contributed by atoms with Crippen LogP contribution in [0.4, 0.5) is 0 Å². The molecule has 2 heterocycles. The molecule has 0 aromatic carbocycles. The maximum absolute atomic E-state index is 11.8. The van der Waals surface area contributed by atoms with Crippen molar-refractivity contribution in [2.24, 2.45) is 4.99 Å². The van der Waals surface area contributed by atoms with Gasteiger partial charge in [0.1, 0.15) is 18.0 Å². The highest BCUT2D eigenvalue weighted by Gasteiger charge is 2.35. The van der Waals surface area contributed by atoms with Crippen LogP contribution < -0.4 is 5.32 Å². The van der Waals surface area contributed by atoms with E-state index in [2.05, 4.69) is 21.3 Å². The fourth-order valence-electron chi connectivity index (χ4n) is 2.06. The lowest BCUT2D eigenvalue weighted by atomic mass is 10.2. The van der Waals surface area contributed by atoms with Gasteiger partial charge in [-0.05, 0) is 13.8 Å². The standard InChI is InChI=1S/C12H16N4O/c1-8-7-9(2)16-6-5-14-10(11(17)13-3)12(16)15(8)4/h5,7H,6H2,1-4H3/p+1. The number of allylic oxidation sites excluding steroid dienone is 2. The molecule has 0 aromatic heterocycles. The van der Waals surface area contributed by atoms with Crippen LogP contribution in [0.3, 0.4) is 0 Å². The molecule has 0 atom stereocenters. The molecule has 2 rings (SSSR count). The van der Waals surface area contributed by atoms with E-state index >= 15 is 0 Å². The lowest BCUT2D eigenvalue weighted by Gasteiger charge is -2.26. The molecule has 17 heavy (non-hydrogen) atoms. The molecular formula is C12H17N4O+. The van der Waals surface area contributed by atoms with Crippen LogP contribution in [-0.4, -0.2) is 47.9 Å². The van der Waals surface area contributed by atoms with Gasteiger partial charge in [-0.25, -0.2) is 14.5 Å². The van der Waals surface area contributed by atoms with Crippen LogP contribution in [0.25, 0.3) is 0 Å². The number of carbonyl (C=O) groups is 1. The van der Waals surface area contributed by atoms with E-state index in [-0.39, 0.29) is 5.91 Å². The summed E-state index contributed by atoms with van der Waals surface area (Å²) in [5, 5.41) is 2.63. The summed E-state index contributed by atoms with van der Waals surface area (Å²) in [6, 6.07) is 0. The summed E-state index contributed by atoms with van der Waals surface area (Å²) in [5.74, 6) is 0.694. The van der Waals surface area contributed by atoms with E-state index in [4.69, 9.17) is 0 Å². The third kappa shape index (κ3) is 1.77. The maximum atomic E-state index is 11.8. The third-order valence-electron chi connectivity index (χ3n) is 3.08. The van der Waals surface area contributed by atoms with Crippen LogP contribution in [0.1, 0.15) is 13.8 Å². The Kier molecular flexibility index (Phi) is 2.83. The topological polar surface area (TPSA) is 47.7 Å². The second-order valence-electron chi connectivity index (χ2n) is 4.16. The molecule has 5 heteroatoms. The predicted molar refractivity (Wildman–Crippen MR) is 66.9 cm³/mol. The molecule has 90 valence electrons. The van der Waals surface area contributed by atoms with E-state index in [1.807, 2.05) is 25.5 Å². The van der Waals surface area contributed by atoms with Gasteiger partial charge in [-0.2, -0.15) is 0 Å². The van der Waals surface area contributed by atoms with Gasteiger partial charge in [0.05, 0.1) is 7.05 Å². The Bertz CT molecular complexity index is 497. The van der Waals surface area contributed by atoms with Gasteiger partial charge >= 0.3 is 5.82 Å². The van der Waals surface area contributed by atoms with Gasteiger partial charge in [0, 0.05) is 19.3 Å². The molecule has 0 fully saturated rings. The van der Waals surface area contributed by atoms with Gasteiger partial charge in [-0.15, -0.1) is 0 Å². The van der Waals surface area contributed by atoms with Crippen molar-refractivity contribution in [3.8, 4) is 0 Å². The van der Waals surface area contributed by atoms with Crippen molar-refractivity contribution in [2.45, 2.75) is 13.8 Å². The minimum atomic E-state index is -0.157. The Hall–Kier alpha value is -1.91. The fourth-order valence-corrected chi connectivity index (χ4v) is 2.06. The third-order valence-corrected chi connectivity index (χ3v) is 3.08. The number of aliphatic imine (C=N–C) groups is 1. The second kappa shape index (κ2) is 4.16. The average Bonchev–Trinajstić information content (AvgIpc) is 2.34. The highest BCUT2D eigenvalue weighted by atomic mass is 16.2. The molecule has 2 aliphatic heterocycles. The number of likely N-dealkylation sites (N-methyl/N-ethyl adjacent to an activating group) is 1. The lowest BCUT2D eigenvalue weighted by molar-refractivity contribution is -0.464. The van der Waals surface area contributed by atoms with Crippen molar-refractivity contribution in [1.82, 2.24) is 10.2 Å². The molecule has 0 bridgehead atoms. The molecular weight excluding hydrogens is 216 g/mol. The van der Waals surface area contributed by atoms with Crippen LogP contribution in [0.2, 0.25) is 0 Å². The maximum Gasteiger partial charge on any atom is 0.313 e. The van der Waals surface area contributed by atoms with E-state index in [9.17, 15) is 4.79 Å². The largest absolute Gasteiger partial charge is 0.353 e. The van der Waals surface area contributed by atoms with Gasteiger partial charge in [0.15, 0.2) is 0 Å². The van der Waals surface area contributed by atoms with E-state index < -0.39 is 0 Å². The van der Waals surface area contributed by atoms with Gasteiger partial charge in [0.2, 0.25) is 5.70 Å². The Morgan fingerprint density at radius 3 is 2.88 bits per heavy atom. The number of fused-ring (bicyclic) bond motifs is 1. The first-order valence-electron chi connectivity index (χ1n) is 5.58. The SMILES string of the molecule is CNC(=O)C1=C2N(CC=N1)C(C)=CC(C)=[N+]2C. The highest BCUT2D eigenvalue weighted by molar-refractivity contribution is 5.96. The zero-order valence-corrected chi connectivity index (χ0v) is 10.6. The molecule has 0 saturated heterocycles. The van der Waals surface area contributed by atoms with Crippen LogP contribution >= 0.6 is 0 Å². The van der Waals surface area contributed by atoms with Gasteiger partial charge in [0.25, 0.3) is 5.91 Å². The normalized spacial score (nSPS) is 19.3. The molecule has 5 nitrogen and oxygen atoms in total. The molecule has 1 N–H and O–H groups in total. The minimum Gasteiger partial charge on any atom is -0.353 e. The number of nitrogens with one attached hydrogen (secondary N) is 1. The summed E-state index contributed by atoms with van der Waals surface area (Å²) in [4.78, 5) is 18.1. The number of hydrogen-bond donors (Lipinski definition) is 1. The first-order valence-corrected chi connectivity index (χ1v) is 5.58. The number of carbonyl (C=O) groups excluding carboxylic acids is 1. The van der Waals surface area contributed by atoms with Crippen molar-refractivity contribution in [2.75, 3.05) is 20.6 Å². The van der Waals surface area contributed by atoms with Gasteiger partial charge in [-0.1, -0.05) is 0 Å². The monoisotopic (exact) mass is 233 g/mol. The predicted octanol–water partition coefficient (Wildman–Crippen LogP) is 0.308. The number of rotatable bonds is 1. The average molecular weight is 233 g/mol. The van der Waals surface area contributed by atoms with Crippen LogP contribution in [-0.2, 0) is 4.79 Å². The van der Waals surface area contributed by atoms with Crippen molar-refractivity contribution in [1.29, 1.82) is 0 Å². The Balaban J connectivity index is 2.61. The lowest BCUT2D eigenvalue weighted by Crippen LogP contribution is -2.40. The highest BCUT2D eigenvalue weighted by Crippen LogP contribution is 2.24. The minimum absolute atomic E-state index is 0.157. The van der Waals surface area contributed by atoms with E-state index in [1.54, 1.807) is 13.3 Å². The smallest absolute Gasteiger partial charge is 0.313 e. The first kappa shape index (κ1) is 11.6. The Morgan fingerprint density at radius 2 is 2.24 bits per heavy atom. The fraction of sp³-hybridized carbons (Fsp3) is 0.417. The van der Waals surface area contributed by atoms with Crippen LogP contribution in [0.5, 0.6) is 0 Å². The molecule has 0 saturated carbocycles. The van der Waals surface area contributed by atoms with E-state index in [1.165, 1.54) is 0 Å². The number of amides is 1. The summed E-state index contributed by atoms with van der Waals surface area (Å²) in [5.41, 5.74) is 2.70. The molecule has 1 amide bonds. The summed E-state index contributed by atoms with van der Waals surface area (Å²) in [6.45, 7) is 4.76. The molecule has 0 spiro atoms. The van der Waals surface area contributed by atoms with Crippen molar-refractivity contribution in [3.05, 3.63) is 23.3 Å². The molecule has 0 unspecified atom stereocenters. The van der Waals surface area contributed by atoms with Gasteiger partial charge in [-0.3, -0.25) is 4.79 Å². The second-order valence-corrected chi connectivity index (χ2v) is 4.16. The van der Waals surface area contributed by atoms with E-state index in [0.717, 1.165) is 17.2 Å². The van der Waals surface area contributed by atoms with Crippen molar-refractivity contribution < 1.29 is 9.37 Å². The van der Waals surface area contributed by atoms with Crippen LogP contribution in [0.15, 0.2) is 28.3 Å². The summed E-state index contributed by atoms with van der Waals surface area (Å²) < 4.78 is 1.99. The zero-order valence-electron chi connectivity index (χ0n) is 10.6. The Labute approximate surface area is 101 Å². The molecule has 0 radical (unpaired) electrons. The number of hydrogen-bond acceptors (Lipinski definition) is 3. The van der Waals surface area contributed by atoms with E-state index in [0.29, 0.717) is 12.2 Å². The van der Waals surface area contributed by atoms with Crippen LogP contribution in [0, 0.1) is 0 Å². The Morgan fingerprint density at radius 1 is 1.53 bits per heavy atom. The number of nitrogens with zero attached hydrogens (tertiary/aromatic N) is 3. The summed E-state index contributed by atoms with van der Waals surface area (Å²) in [6.07, 6.45) is 3.87. The quantitative estimate of drug-likeness (QED) is 0.663. The summed E-state index contributed by atoms with van der Waals surface area (Å²) >= 11 is 0. The first-order chi connectivity index (χ1) is 8.06. The molecule has 2 aliphatic rings. The molecule has 0 aromatic rings. The zero-order chi connectivity index (χ0) is 12.6.